The molecule has 3 N–H and O–H groups in total. The fraction of sp³-hybridized carbons (Fsp3) is 0.400. The number of para-hydroxylation sites is 1. The van der Waals surface area contributed by atoms with Gasteiger partial charge in [0.15, 0.2) is 0 Å². The summed E-state index contributed by atoms with van der Waals surface area (Å²) in [5, 5.41) is 0.429. The molecule has 118 valence electrons. The van der Waals surface area contributed by atoms with Crippen molar-refractivity contribution in [2.75, 3.05) is 13.6 Å². The molecule has 7 nitrogen and oxygen atoms in total. The van der Waals surface area contributed by atoms with Gasteiger partial charge in [0.2, 0.25) is 5.91 Å². The Morgan fingerprint density at radius 1 is 1.36 bits per heavy atom. The fourth-order valence-electron chi connectivity index (χ4n) is 2.25. The van der Waals surface area contributed by atoms with Crippen LogP contribution in [-0.4, -0.2) is 40.0 Å². The number of rotatable bonds is 5. The van der Waals surface area contributed by atoms with E-state index in [9.17, 15) is 14.4 Å². The third kappa shape index (κ3) is 3.09. The smallest absolute Gasteiger partial charge is 0.328 e. The van der Waals surface area contributed by atoms with Crippen LogP contribution in [0.15, 0.2) is 33.9 Å². The number of carbonyl (C=O) groups is 1. The molecule has 1 aromatic heterocycles. The lowest BCUT2D eigenvalue weighted by atomic mass is 10.2. The summed E-state index contributed by atoms with van der Waals surface area (Å²) in [6.45, 7) is 2.44. The van der Waals surface area contributed by atoms with Crippen LogP contribution in [0.1, 0.15) is 13.3 Å². The first-order valence-corrected chi connectivity index (χ1v) is 7.13. The lowest BCUT2D eigenvalue weighted by molar-refractivity contribution is -0.131. The molecule has 0 saturated carbocycles. The summed E-state index contributed by atoms with van der Waals surface area (Å²) in [5.41, 5.74) is 5.14. The summed E-state index contributed by atoms with van der Waals surface area (Å²) in [4.78, 5) is 39.7. The minimum Gasteiger partial charge on any atom is -0.342 e. The number of fused-ring (bicyclic) bond motifs is 1. The second-order valence-corrected chi connectivity index (χ2v) is 5.27. The first-order chi connectivity index (χ1) is 10.5. The predicted molar refractivity (Wildman–Crippen MR) is 84.7 cm³/mol. The number of likely N-dealkylation sites (N-methyl/N-ethyl adjacent to an activating group) is 1. The predicted octanol–water partition coefficient (Wildman–Crippen LogP) is -0.114. The summed E-state index contributed by atoms with van der Waals surface area (Å²) in [6, 6.07) is 6.77. The molecule has 1 heterocycles. The van der Waals surface area contributed by atoms with Crippen LogP contribution < -0.4 is 17.0 Å². The number of benzene rings is 1. The Balaban J connectivity index is 2.28. The first-order valence-electron chi connectivity index (χ1n) is 7.13. The number of amides is 1. The molecule has 0 saturated heterocycles. The van der Waals surface area contributed by atoms with Gasteiger partial charge in [0.05, 0.1) is 10.9 Å². The highest BCUT2D eigenvalue weighted by Crippen LogP contribution is 2.08. The first kappa shape index (κ1) is 16.0. The van der Waals surface area contributed by atoms with Crippen LogP contribution >= 0.6 is 0 Å². The van der Waals surface area contributed by atoms with Gasteiger partial charge in [-0.25, -0.2) is 4.79 Å². The SMILES string of the molecule is CC(CN)N(C)C(=O)CCn1c(=O)[nH]c(=O)c2ccccc21. The minimum absolute atomic E-state index is 0.0588. The number of hydrogen-bond donors (Lipinski definition) is 2. The highest BCUT2D eigenvalue weighted by Gasteiger charge is 2.15. The van der Waals surface area contributed by atoms with Crippen molar-refractivity contribution in [3.63, 3.8) is 0 Å². The van der Waals surface area contributed by atoms with E-state index in [-0.39, 0.29) is 24.9 Å². The zero-order valence-corrected chi connectivity index (χ0v) is 12.7. The van der Waals surface area contributed by atoms with Crippen LogP contribution in [0.4, 0.5) is 0 Å². The molecule has 0 spiro atoms. The number of nitrogens with one attached hydrogen (secondary N) is 1. The summed E-state index contributed by atoms with van der Waals surface area (Å²) in [5.74, 6) is -0.0971. The van der Waals surface area contributed by atoms with E-state index in [1.165, 1.54) is 4.57 Å². The van der Waals surface area contributed by atoms with E-state index in [1.54, 1.807) is 36.2 Å². The quantitative estimate of drug-likeness (QED) is 0.804. The number of aromatic amines is 1. The molecule has 0 radical (unpaired) electrons. The molecule has 2 aromatic rings. The third-order valence-corrected chi connectivity index (χ3v) is 3.85. The molecule has 0 bridgehead atoms. The summed E-state index contributed by atoms with van der Waals surface area (Å²) in [7, 11) is 1.69. The van der Waals surface area contributed by atoms with Crippen LogP contribution in [0.25, 0.3) is 10.9 Å². The van der Waals surface area contributed by atoms with E-state index in [2.05, 4.69) is 4.98 Å². The summed E-state index contributed by atoms with van der Waals surface area (Å²) >= 11 is 0. The molecule has 0 aliphatic rings. The molecule has 0 aliphatic heterocycles. The van der Waals surface area contributed by atoms with E-state index < -0.39 is 11.2 Å². The van der Waals surface area contributed by atoms with Gasteiger partial charge in [-0.3, -0.25) is 19.1 Å². The number of aryl methyl sites for hydroxylation is 1. The van der Waals surface area contributed by atoms with Crippen molar-refractivity contribution in [1.29, 1.82) is 0 Å². The molecule has 22 heavy (non-hydrogen) atoms. The average Bonchev–Trinajstić information content (AvgIpc) is 2.52. The van der Waals surface area contributed by atoms with Crippen molar-refractivity contribution in [2.24, 2.45) is 5.73 Å². The largest absolute Gasteiger partial charge is 0.342 e. The molecule has 1 aromatic carbocycles. The maximum Gasteiger partial charge on any atom is 0.328 e. The maximum absolute atomic E-state index is 12.1. The molecule has 0 fully saturated rings. The Kier molecular flexibility index (Phi) is 4.77. The molecule has 1 unspecified atom stereocenters. The minimum atomic E-state index is -0.508. The summed E-state index contributed by atoms with van der Waals surface area (Å²) in [6.07, 6.45) is 0.163. The number of nitrogens with two attached hydrogens (primary N) is 1. The van der Waals surface area contributed by atoms with E-state index in [1.807, 2.05) is 6.92 Å². The zero-order chi connectivity index (χ0) is 16.3. The van der Waals surface area contributed by atoms with Crippen LogP contribution in [0.5, 0.6) is 0 Å². The lowest BCUT2D eigenvalue weighted by Gasteiger charge is -2.23. The monoisotopic (exact) mass is 304 g/mol. The van der Waals surface area contributed by atoms with Crippen molar-refractivity contribution >= 4 is 16.8 Å². The van der Waals surface area contributed by atoms with E-state index >= 15 is 0 Å². The topological polar surface area (TPSA) is 101 Å². The third-order valence-electron chi connectivity index (χ3n) is 3.85. The van der Waals surface area contributed by atoms with Gasteiger partial charge in [-0.1, -0.05) is 12.1 Å². The average molecular weight is 304 g/mol. The molecule has 2 rings (SSSR count). The van der Waals surface area contributed by atoms with Crippen LogP contribution in [0, 0.1) is 0 Å². The molecular weight excluding hydrogens is 284 g/mol. The van der Waals surface area contributed by atoms with Crippen LogP contribution in [-0.2, 0) is 11.3 Å². The lowest BCUT2D eigenvalue weighted by Crippen LogP contribution is -2.40. The second-order valence-electron chi connectivity index (χ2n) is 5.27. The van der Waals surface area contributed by atoms with Crippen LogP contribution in [0.2, 0.25) is 0 Å². The van der Waals surface area contributed by atoms with Crippen molar-refractivity contribution in [1.82, 2.24) is 14.5 Å². The molecular formula is C15H20N4O3. The number of nitrogens with zero attached hydrogens (tertiary/aromatic N) is 2. The number of carbonyl (C=O) groups excluding carboxylic acids is 1. The Bertz CT molecular complexity index is 793. The van der Waals surface area contributed by atoms with Gasteiger partial charge < -0.3 is 10.6 Å². The fourth-order valence-corrected chi connectivity index (χ4v) is 2.25. The number of aromatic nitrogens is 2. The van der Waals surface area contributed by atoms with Gasteiger partial charge in [-0.05, 0) is 19.1 Å². The van der Waals surface area contributed by atoms with Crippen molar-refractivity contribution in [3.05, 3.63) is 45.1 Å². The van der Waals surface area contributed by atoms with Gasteiger partial charge in [-0.15, -0.1) is 0 Å². The van der Waals surface area contributed by atoms with Gasteiger partial charge in [0.1, 0.15) is 0 Å². The summed E-state index contributed by atoms with van der Waals surface area (Å²) < 4.78 is 1.41. The van der Waals surface area contributed by atoms with Crippen LogP contribution in [0.3, 0.4) is 0 Å². The van der Waals surface area contributed by atoms with Crippen molar-refractivity contribution in [3.8, 4) is 0 Å². The zero-order valence-electron chi connectivity index (χ0n) is 12.7. The van der Waals surface area contributed by atoms with Gasteiger partial charge in [-0.2, -0.15) is 0 Å². The normalized spacial score (nSPS) is 12.3. The standard InChI is InChI=1S/C15H20N4O3/c1-10(9-16)18(2)13(20)7-8-19-12-6-4-3-5-11(12)14(21)17-15(19)22/h3-6,10H,7-9,16H2,1-2H3,(H,17,21,22). The Labute approximate surface area is 127 Å². The maximum atomic E-state index is 12.1. The van der Waals surface area contributed by atoms with E-state index in [0.29, 0.717) is 17.4 Å². The highest BCUT2D eigenvalue weighted by atomic mass is 16.2. The Morgan fingerprint density at radius 2 is 2.05 bits per heavy atom. The molecule has 7 heteroatoms. The van der Waals surface area contributed by atoms with Gasteiger partial charge in [0.25, 0.3) is 5.56 Å². The number of H-pyrrole nitrogens is 1. The number of hydrogen-bond acceptors (Lipinski definition) is 4. The Morgan fingerprint density at radius 3 is 2.73 bits per heavy atom. The van der Waals surface area contributed by atoms with Crippen molar-refractivity contribution in [2.45, 2.75) is 25.9 Å². The Hall–Kier alpha value is -2.41. The second kappa shape index (κ2) is 6.57. The van der Waals surface area contributed by atoms with E-state index in [0.717, 1.165) is 0 Å². The molecule has 1 amide bonds. The molecule has 0 aliphatic carbocycles. The van der Waals surface area contributed by atoms with E-state index in [4.69, 9.17) is 5.73 Å². The highest BCUT2D eigenvalue weighted by molar-refractivity contribution is 5.79. The van der Waals surface area contributed by atoms with Gasteiger partial charge >= 0.3 is 5.69 Å². The van der Waals surface area contributed by atoms with Crippen molar-refractivity contribution < 1.29 is 4.79 Å². The van der Waals surface area contributed by atoms with Gasteiger partial charge in [0, 0.05) is 32.6 Å². The molecule has 1 atom stereocenters.